The molecule has 0 fully saturated rings. The van der Waals surface area contributed by atoms with Crippen LogP contribution in [0.25, 0.3) is 0 Å². The summed E-state index contributed by atoms with van der Waals surface area (Å²) in [5.41, 5.74) is -1.77. The molecule has 0 aromatic carbocycles. The van der Waals surface area contributed by atoms with Crippen LogP contribution in [0.3, 0.4) is 0 Å². The molecule has 0 radical (unpaired) electrons. The molecule has 0 N–H and O–H groups in total. The molecule has 0 saturated heterocycles. The fraction of sp³-hybridized carbons (Fsp3) is 0.938. The lowest BCUT2D eigenvalue weighted by atomic mass is 9.81. The molecular weight excluding hydrogens is 383 g/mol. The van der Waals surface area contributed by atoms with Crippen LogP contribution in [0.1, 0.15) is 61.8 Å². The van der Waals surface area contributed by atoms with E-state index < -0.39 is 36.0 Å². The molecule has 0 aromatic heterocycles. The lowest BCUT2D eigenvalue weighted by Gasteiger charge is -2.44. The van der Waals surface area contributed by atoms with Crippen LogP contribution >= 0.6 is 20.2 Å². The molecule has 25 heavy (non-hydrogen) atoms. The van der Waals surface area contributed by atoms with E-state index in [0.29, 0.717) is 6.42 Å². The van der Waals surface area contributed by atoms with Gasteiger partial charge in [-0.3, -0.25) is 0 Å². The van der Waals surface area contributed by atoms with Crippen LogP contribution in [0.5, 0.6) is 0 Å². The molecule has 1 heterocycles. The SMILES string of the molecule is CC(C)(C)CC(C)(C)N1SC(C(F)(F)F)(C(F)(F)F)P=C1C(C)(C)C. The zero-order chi connectivity index (χ0) is 20.3. The smallest absolute Gasteiger partial charge is 0.212 e. The Morgan fingerprint density at radius 2 is 1.24 bits per heavy atom. The highest BCUT2D eigenvalue weighted by Gasteiger charge is 2.75. The first-order valence-electron chi connectivity index (χ1n) is 7.87. The van der Waals surface area contributed by atoms with Gasteiger partial charge in [0.25, 0.3) is 4.49 Å². The molecular formula is C16H26F6NPS. The standard InChI is InChI=1S/C16H26F6NPS/c1-11(2,3)9-13(7,8)23-10(12(4,5)6)24-14(25-23,15(17,18)19)16(20,21)22/h9H2,1-8H3. The highest BCUT2D eigenvalue weighted by Crippen LogP contribution is 2.66. The van der Waals surface area contributed by atoms with Crippen LogP contribution in [-0.4, -0.2) is 32.1 Å². The Bertz CT molecular complexity index is 523. The van der Waals surface area contributed by atoms with Crippen molar-refractivity contribution in [3.05, 3.63) is 0 Å². The van der Waals surface area contributed by atoms with E-state index in [2.05, 4.69) is 0 Å². The van der Waals surface area contributed by atoms with Crippen molar-refractivity contribution in [3.63, 3.8) is 0 Å². The predicted octanol–water partition coefficient (Wildman–Crippen LogP) is 7.11. The first-order chi connectivity index (χ1) is 10.6. The van der Waals surface area contributed by atoms with Crippen LogP contribution < -0.4 is 0 Å². The van der Waals surface area contributed by atoms with Crippen molar-refractivity contribution in [3.8, 4) is 0 Å². The molecule has 1 nitrogen and oxygen atoms in total. The number of hydrogen-bond donors (Lipinski definition) is 0. The zero-order valence-corrected chi connectivity index (χ0v) is 17.5. The van der Waals surface area contributed by atoms with Gasteiger partial charge in [0.15, 0.2) is 0 Å². The molecule has 148 valence electrons. The summed E-state index contributed by atoms with van der Waals surface area (Å²) < 4.78 is 79.0. The number of hydrogen-bond acceptors (Lipinski definition) is 2. The summed E-state index contributed by atoms with van der Waals surface area (Å²) in [5, 5.41) is 0. The third kappa shape index (κ3) is 4.67. The minimum absolute atomic E-state index is 0.111. The molecule has 0 aliphatic carbocycles. The quantitative estimate of drug-likeness (QED) is 0.272. The Labute approximate surface area is 151 Å². The Hall–Kier alpha value is 0.0600. The van der Waals surface area contributed by atoms with Crippen LogP contribution in [0.4, 0.5) is 26.3 Å². The van der Waals surface area contributed by atoms with E-state index in [0.717, 1.165) is 0 Å². The number of rotatable bonds is 2. The normalized spacial score (nSPS) is 21.4. The van der Waals surface area contributed by atoms with Gasteiger partial charge in [0.05, 0.1) is 0 Å². The Kier molecular flexibility index (Phi) is 5.82. The number of alkyl halides is 6. The summed E-state index contributed by atoms with van der Waals surface area (Å²) in [6.45, 7) is 14.1. The van der Waals surface area contributed by atoms with E-state index in [1.807, 2.05) is 20.8 Å². The third-order valence-electron chi connectivity index (χ3n) is 3.63. The van der Waals surface area contributed by atoms with E-state index in [4.69, 9.17) is 0 Å². The first kappa shape index (κ1) is 23.1. The lowest BCUT2D eigenvalue weighted by Crippen LogP contribution is -2.52. The van der Waals surface area contributed by atoms with Crippen molar-refractivity contribution in [2.24, 2.45) is 10.8 Å². The van der Waals surface area contributed by atoms with Gasteiger partial charge in [-0.25, -0.2) is 4.31 Å². The van der Waals surface area contributed by atoms with E-state index in [1.54, 1.807) is 34.6 Å². The van der Waals surface area contributed by atoms with Crippen molar-refractivity contribution in [2.75, 3.05) is 0 Å². The number of nitrogens with zero attached hydrogens (tertiary/aromatic N) is 1. The Balaban J connectivity index is 3.57. The van der Waals surface area contributed by atoms with Crippen LogP contribution in [0, 0.1) is 10.8 Å². The lowest BCUT2D eigenvalue weighted by molar-refractivity contribution is -0.236. The van der Waals surface area contributed by atoms with E-state index in [1.165, 1.54) is 4.31 Å². The summed E-state index contributed by atoms with van der Waals surface area (Å²) in [7, 11) is -0.747. The molecule has 1 aliphatic rings. The third-order valence-corrected chi connectivity index (χ3v) is 7.78. The van der Waals surface area contributed by atoms with E-state index in [-0.39, 0.29) is 22.8 Å². The number of halogens is 6. The predicted molar refractivity (Wildman–Crippen MR) is 93.8 cm³/mol. The van der Waals surface area contributed by atoms with Crippen molar-refractivity contribution in [2.45, 2.75) is 84.2 Å². The maximum absolute atomic E-state index is 13.6. The fourth-order valence-electron chi connectivity index (χ4n) is 3.03. The van der Waals surface area contributed by atoms with Gasteiger partial charge in [-0.1, -0.05) is 41.5 Å². The minimum atomic E-state index is -5.40. The van der Waals surface area contributed by atoms with Crippen molar-refractivity contribution < 1.29 is 26.3 Å². The second kappa shape index (κ2) is 6.30. The average Bonchev–Trinajstić information content (AvgIpc) is 2.64. The summed E-state index contributed by atoms with van der Waals surface area (Å²) in [4.78, 5) is 0. The summed E-state index contributed by atoms with van der Waals surface area (Å²) in [5.74, 6) is 0. The van der Waals surface area contributed by atoms with E-state index in [9.17, 15) is 26.3 Å². The topological polar surface area (TPSA) is 3.24 Å². The van der Waals surface area contributed by atoms with Gasteiger partial charge in [0.1, 0.15) is 0 Å². The summed E-state index contributed by atoms with van der Waals surface area (Å²) in [6.07, 6.45) is -10.4. The fourth-order valence-corrected chi connectivity index (χ4v) is 6.34. The average molecular weight is 409 g/mol. The Morgan fingerprint density at radius 3 is 1.52 bits per heavy atom. The zero-order valence-electron chi connectivity index (χ0n) is 15.8. The Morgan fingerprint density at radius 1 is 0.840 bits per heavy atom. The molecule has 1 rings (SSSR count). The molecule has 0 bridgehead atoms. The molecule has 0 spiro atoms. The van der Waals surface area contributed by atoms with Gasteiger partial charge >= 0.3 is 12.4 Å². The summed E-state index contributed by atoms with van der Waals surface area (Å²) >= 11 is -0.111. The van der Waals surface area contributed by atoms with Gasteiger partial charge in [-0.2, -0.15) is 26.3 Å². The second-order valence-corrected chi connectivity index (χ2v) is 12.0. The molecule has 0 unspecified atom stereocenters. The van der Waals surface area contributed by atoms with Crippen LogP contribution in [0.2, 0.25) is 0 Å². The van der Waals surface area contributed by atoms with Crippen LogP contribution in [0.15, 0.2) is 0 Å². The van der Waals surface area contributed by atoms with Gasteiger partial charge in [-0.15, -0.1) is 0 Å². The van der Waals surface area contributed by atoms with Crippen molar-refractivity contribution in [1.82, 2.24) is 4.31 Å². The minimum Gasteiger partial charge on any atom is -0.212 e. The van der Waals surface area contributed by atoms with Crippen molar-refractivity contribution >= 4 is 25.6 Å². The first-order valence-corrected chi connectivity index (χ1v) is 9.54. The highest BCUT2D eigenvalue weighted by molar-refractivity contribution is 8.06. The van der Waals surface area contributed by atoms with Gasteiger partial charge < -0.3 is 0 Å². The largest absolute Gasteiger partial charge is 0.421 e. The monoisotopic (exact) mass is 409 g/mol. The molecule has 9 heteroatoms. The molecule has 0 saturated carbocycles. The highest BCUT2D eigenvalue weighted by atomic mass is 32.2. The van der Waals surface area contributed by atoms with Gasteiger partial charge in [0, 0.05) is 16.4 Å². The molecule has 0 amide bonds. The molecule has 0 atom stereocenters. The molecule has 0 aromatic rings. The maximum atomic E-state index is 13.6. The van der Waals surface area contributed by atoms with Crippen molar-refractivity contribution in [1.29, 1.82) is 0 Å². The van der Waals surface area contributed by atoms with Gasteiger partial charge in [0.2, 0.25) is 0 Å². The maximum Gasteiger partial charge on any atom is 0.421 e. The van der Waals surface area contributed by atoms with Gasteiger partial charge in [-0.05, 0) is 45.8 Å². The molecule has 1 aliphatic heterocycles. The summed E-state index contributed by atoms with van der Waals surface area (Å²) in [6, 6.07) is 0. The van der Waals surface area contributed by atoms with Crippen LogP contribution in [-0.2, 0) is 0 Å². The second-order valence-electron chi connectivity index (χ2n) is 9.26. The van der Waals surface area contributed by atoms with E-state index >= 15 is 0 Å².